The van der Waals surface area contributed by atoms with Gasteiger partial charge in [-0.15, -0.1) is 0 Å². The van der Waals surface area contributed by atoms with Crippen LogP contribution >= 0.6 is 15.9 Å². The minimum atomic E-state index is -1.31. The Bertz CT molecular complexity index is 508. The summed E-state index contributed by atoms with van der Waals surface area (Å²) in [5, 5.41) is 1.06. The second-order valence-corrected chi connectivity index (χ2v) is 5.18. The lowest BCUT2D eigenvalue weighted by Crippen LogP contribution is -2.13. The van der Waals surface area contributed by atoms with Crippen molar-refractivity contribution >= 4 is 26.8 Å². The van der Waals surface area contributed by atoms with Crippen molar-refractivity contribution in [2.45, 2.75) is 19.5 Å². The van der Waals surface area contributed by atoms with E-state index < -0.39 is 5.67 Å². The first-order chi connectivity index (χ1) is 6.89. The van der Waals surface area contributed by atoms with Gasteiger partial charge in [-0.05, 0) is 38.1 Å². The van der Waals surface area contributed by atoms with Crippen molar-refractivity contribution in [1.82, 2.24) is 4.57 Å². The first-order valence-corrected chi connectivity index (χ1v) is 5.63. The van der Waals surface area contributed by atoms with Crippen LogP contribution in [0.5, 0.6) is 0 Å². The number of alkyl halides is 1. The third kappa shape index (κ3) is 1.81. The van der Waals surface area contributed by atoms with Crippen LogP contribution in [0.15, 0.2) is 28.7 Å². The zero-order valence-corrected chi connectivity index (χ0v) is 10.6. The average molecular weight is 270 g/mol. The van der Waals surface area contributed by atoms with Gasteiger partial charge >= 0.3 is 0 Å². The molecular weight excluding hydrogens is 257 g/mol. The third-order valence-electron chi connectivity index (χ3n) is 2.61. The largest absolute Gasteiger partial charge is 0.345 e. The Morgan fingerprint density at radius 3 is 2.53 bits per heavy atom. The number of aromatic nitrogens is 1. The summed E-state index contributed by atoms with van der Waals surface area (Å²) in [6.07, 6.45) is 0. The molecule has 0 saturated heterocycles. The molecule has 1 aromatic heterocycles. The van der Waals surface area contributed by atoms with E-state index in [1.165, 1.54) is 0 Å². The summed E-state index contributed by atoms with van der Waals surface area (Å²) in [6.45, 7) is 3.16. The zero-order chi connectivity index (χ0) is 11.2. The van der Waals surface area contributed by atoms with Gasteiger partial charge in [0.05, 0.1) is 5.69 Å². The maximum atomic E-state index is 13.9. The number of rotatable bonds is 1. The Morgan fingerprint density at radius 2 is 1.93 bits per heavy atom. The van der Waals surface area contributed by atoms with Crippen LogP contribution in [0.3, 0.4) is 0 Å². The Balaban J connectivity index is 2.75. The minimum Gasteiger partial charge on any atom is -0.345 e. The van der Waals surface area contributed by atoms with Crippen LogP contribution in [0.1, 0.15) is 19.5 Å². The molecule has 80 valence electrons. The number of benzene rings is 1. The molecule has 0 saturated carbocycles. The van der Waals surface area contributed by atoms with Crippen LogP contribution in [0.4, 0.5) is 4.39 Å². The van der Waals surface area contributed by atoms with Gasteiger partial charge < -0.3 is 4.57 Å². The molecule has 0 amide bonds. The molecule has 0 unspecified atom stereocenters. The number of hydrogen-bond donors (Lipinski definition) is 0. The van der Waals surface area contributed by atoms with E-state index >= 15 is 0 Å². The summed E-state index contributed by atoms with van der Waals surface area (Å²) < 4.78 is 16.8. The standard InChI is InChI=1S/C12H13BrFN/c1-12(2,14)11-7-8-6-9(13)4-5-10(8)15(11)3/h4-7H,1-3H3. The summed E-state index contributed by atoms with van der Waals surface area (Å²) in [5.41, 5.74) is 0.454. The lowest BCUT2D eigenvalue weighted by atomic mass is 10.1. The van der Waals surface area contributed by atoms with E-state index in [2.05, 4.69) is 15.9 Å². The molecule has 0 bridgehead atoms. The zero-order valence-electron chi connectivity index (χ0n) is 9.01. The number of aryl methyl sites for hydroxylation is 1. The SMILES string of the molecule is Cn1c(C(C)(C)F)cc2cc(Br)ccc21. The van der Waals surface area contributed by atoms with Crippen molar-refractivity contribution in [3.63, 3.8) is 0 Å². The molecule has 0 atom stereocenters. The molecule has 2 rings (SSSR count). The van der Waals surface area contributed by atoms with Crippen LogP contribution < -0.4 is 0 Å². The van der Waals surface area contributed by atoms with Crippen LogP contribution in [-0.2, 0) is 12.7 Å². The predicted octanol–water partition coefficient (Wildman–Crippen LogP) is 4.15. The third-order valence-corrected chi connectivity index (χ3v) is 3.11. The monoisotopic (exact) mass is 269 g/mol. The molecular formula is C12H13BrFN. The normalized spacial score (nSPS) is 12.3. The van der Waals surface area contributed by atoms with Gasteiger partial charge in [0, 0.05) is 22.4 Å². The topological polar surface area (TPSA) is 4.93 Å². The minimum absolute atomic E-state index is 0.704. The maximum Gasteiger partial charge on any atom is 0.145 e. The average Bonchev–Trinajstić information content (AvgIpc) is 2.42. The molecule has 0 N–H and O–H groups in total. The highest BCUT2D eigenvalue weighted by molar-refractivity contribution is 9.10. The molecule has 0 spiro atoms. The van der Waals surface area contributed by atoms with E-state index in [0.29, 0.717) is 5.69 Å². The van der Waals surface area contributed by atoms with E-state index in [9.17, 15) is 4.39 Å². The highest BCUT2D eigenvalue weighted by Gasteiger charge is 2.23. The molecule has 0 radical (unpaired) electrons. The van der Waals surface area contributed by atoms with Gasteiger partial charge in [0.1, 0.15) is 5.67 Å². The van der Waals surface area contributed by atoms with Gasteiger partial charge in [-0.2, -0.15) is 0 Å². The van der Waals surface area contributed by atoms with Gasteiger partial charge in [0.2, 0.25) is 0 Å². The first-order valence-electron chi connectivity index (χ1n) is 4.84. The van der Waals surface area contributed by atoms with E-state index in [1.807, 2.05) is 35.9 Å². The maximum absolute atomic E-state index is 13.9. The molecule has 1 nitrogen and oxygen atoms in total. The molecule has 1 aromatic carbocycles. The summed E-state index contributed by atoms with van der Waals surface area (Å²) in [4.78, 5) is 0. The van der Waals surface area contributed by atoms with Crippen LogP contribution in [0, 0.1) is 0 Å². The predicted molar refractivity (Wildman–Crippen MR) is 64.8 cm³/mol. The summed E-state index contributed by atoms with van der Waals surface area (Å²) in [6, 6.07) is 7.87. The fourth-order valence-corrected chi connectivity index (χ4v) is 2.27. The lowest BCUT2D eigenvalue weighted by Gasteiger charge is -2.15. The van der Waals surface area contributed by atoms with Crippen LogP contribution in [0.25, 0.3) is 10.9 Å². The number of hydrogen-bond acceptors (Lipinski definition) is 0. The van der Waals surface area contributed by atoms with Crippen molar-refractivity contribution in [2.75, 3.05) is 0 Å². The molecule has 3 heteroatoms. The van der Waals surface area contributed by atoms with Crippen LogP contribution in [0.2, 0.25) is 0 Å². The smallest absolute Gasteiger partial charge is 0.145 e. The molecule has 0 aliphatic heterocycles. The second kappa shape index (κ2) is 3.34. The van der Waals surface area contributed by atoms with E-state index in [0.717, 1.165) is 15.4 Å². The van der Waals surface area contributed by atoms with Gasteiger partial charge in [-0.25, -0.2) is 4.39 Å². The Kier molecular flexibility index (Phi) is 2.38. The van der Waals surface area contributed by atoms with Gasteiger partial charge in [-0.1, -0.05) is 15.9 Å². The molecule has 2 aromatic rings. The fourth-order valence-electron chi connectivity index (χ4n) is 1.89. The van der Waals surface area contributed by atoms with Crippen molar-refractivity contribution in [3.05, 3.63) is 34.4 Å². The van der Waals surface area contributed by atoms with Gasteiger partial charge in [0.25, 0.3) is 0 Å². The summed E-state index contributed by atoms with van der Waals surface area (Å²) >= 11 is 3.41. The van der Waals surface area contributed by atoms with Crippen molar-refractivity contribution in [3.8, 4) is 0 Å². The summed E-state index contributed by atoms with van der Waals surface area (Å²) in [7, 11) is 1.90. The van der Waals surface area contributed by atoms with Crippen LogP contribution in [-0.4, -0.2) is 4.57 Å². The molecule has 15 heavy (non-hydrogen) atoms. The molecule has 0 aliphatic rings. The number of nitrogens with zero attached hydrogens (tertiary/aromatic N) is 1. The highest BCUT2D eigenvalue weighted by atomic mass is 79.9. The number of halogens is 2. The number of fused-ring (bicyclic) bond motifs is 1. The lowest BCUT2D eigenvalue weighted by molar-refractivity contribution is 0.209. The van der Waals surface area contributed by atoms with E-state index in [4.69, 9.17) is 0 Å². The summed E-state index contributed by atoms with van der Waals surface area (Å²) in [5.74, 6) is 0. The van der Waals surface area contributed by atoms with E-state index in [-0.39, 0.29) is 0 Å². The Hall–Kier alpha value is -0.830. The second-order valence-electron chi connectivity index (χ2n) is 4.26. The molecule has 1 heterocycles. The van der Waals surface area contributed by atoms with Gasteiger partial charge in [-0.3, -0.25) is 0 Å². The van der Waals surface area contributed by atoms with Crippen molar-refractivity contribution in [2.24, 2.45) is 7.05 Å². The molecule has 0 fully saturated rings. The fraction of sp³-hybridized carbons (Fsp3) is 0.333. The quantitative estimate of drug-likeness (QED) is 0.733. The van der Waals surface area contributed by atoms with Gasteiger partial charge in [0.15, 0.2) is 0 Å². The Morgan fingerprint density at radius 1 is 1.27 bits per heavy atom. The highest BCUT2D eigenvalue weighted by Crippen LogP contribution is 2.31. The molecule has 0 aliphatic carbocycles. The van der Waals surface area contributed by atoms with E-state index in [1.54, 1.807) is 13.8 Å². The Labute approximate surface area is 97.0 Å². The first kappa shape index (κ1) is 10.7. The van der Waals surface area contributed by atoms with Crippen molar-refractivity contribution < 1.29 is 4.39 Å². The van der Waals surface area contributed by atoms with Crippen molar-refractivity contribution in [1.29, 1.82) is 0 Å².